The summed E-state index contributed by atoms with van der Waals surface area (Å²) in [5, 5.41) is 7.09. The molecule has 1 aromatic heterocycles. The zero-order valence-corrected chi connectivity index (χ0v) is 19.4. The van der Waals surface area contributed by atoms with Crippen LogP contribution in [0.25, 0.3) is 0 Å². The predicted molar refractivity (Wildman–Crippen MR) is 130 cm³/mol. The molecule has 2 aliphatic rings. The van der Waals surface area contributed by atoms with E-state index in [9.17, 15) is 0 Å². The summed E-state index contributed by atoms with van der Waals surface area (Å²) in [6.07, 6.45) is 6.79. The number of guanidine groups is 1. The third-order valence-corrected chi connectivity index (χ3v) is 6.65. The average molecular weight is 440 g/mol. The Morgan fingerprint density at radius 2 is 2.03 bits per heavy atom. The summed E-state index contributed by atoms with van der Waals surface area (Å²) in [5.74, 6) is 3.38. The number of aliphatic imine (C=N–C) groups is 1. The Kier molecular flexibility index (Phi) is 7.93. The van der Waals surface area contributed by atoms with Crippen LogP contribution in [0.4, 0.5) is 5.69 Å². The molecule has 3 heterocycles. The lowest BCUT2D eigenvalue weighted by molar-refractivity contribution is 0.146. The van der Waals surface area contributed by atoms with Crippen LogP contribution in [0, 0.1) is 5.92 Å². The smallest absolute Gasteiger partial charge is 0.191 e. The number of nitrogens with zero attached hydrogens (tertiary/aromatic N) is 3. The van der Waals surface area contributed by atoms with Crippen molar-refractivity contribution in [2.45, 2.75) is 31.7 Å². The molecule has 2 atom stereocenters. The Bertz CT molecular complexity index is 848. The van der Waals surface area contributed by atoms with Gasteiger partial charge >= 0.3 is 0 Å². The number of hydrogen-bond acceptors (Lipinski definition) is 5. The largest absolute Gasteiger partial charge is 0.497 e. The summed E-state index contributed by atoms with van der Waals surface area (Å²) >= 11 is 0. The van der Waals surface area contributed by atoms with Gasteiger partial charge in [-0.25, -0.2) is 0 Å². The topological polar surface area (TPSA) is 65.3 Å². The van der Waals surface area contributed by atoms with Gasteiger partial charge in [0.2, 0.25) is 0 Å². The molecule has 1 aromatic carbocycles. The van der Waals surface area contributed by atoms with E-state index in [1.54, 1.807) is 13.4 Å². The summed E-state index contributed by atoms with van der Waals surface area (Å²) in [4.78, 5) is 9.43. The maximum atomic E-state index is 5.77. The minimum atomic E-state index is 0.235. The van der Waals surface area contributed by atoms with Gasteiger partial charge in [-0.2, -0.15) is 0 Å². The Morgan fingerprint density at radius 1 is 1.16 bits per heavy atom. The van der Waals surface area contributed by atoms with E-state index in [1.807, 2.05) is 19.2 Å². The Hall–Kier alpha value is -2.67. The second kappa shape index (κ2) is 11.3. The quantitative estimate of drug-likeness (QED) is 0.485. The van der Waals surface area contributed by atoms with Gasteiger partial charge in [0.15, 0.2) is 5.96 Å². The summed E-state index contributed by atoms with van der Waals surface area (Å²) in [5.41, 5.74) is 1.23. The van der Waals surface area contributed by atoms with Gasteiger partial charge in [-0.1, -0.05) is 12.5 Å². The van der Waals surface area contributed by atoms with Crippen LogP contribution in [0.15, 0.2) is 52.1 Å². The number of furan rings is 1. The third kappa shape index (κ3) is 5.76. The lowest BCUT2D eigenvalue weighted by atomic mass is 10.1. The molecule has 2 unspecified atom stereocenters. The average Bonchev–Trinajstić information content (AvgIpc) is 3.55. The van der Waals surface area contributed by atoms with Crippen molar-refractivity contribution < 1.29 is 9.15 Å². The minimum absolute atomic E-state index is 0.235. The van der Waals surface area contributed by atoms with Gasteiger partial charge in [-0.05, 0) is 62.5 Å². The van der Waals surface area contributed by atoms with E-state index in [-0.39, 0.29) is 6.04 Å². The molecular formula is C25H37N5O2. The van der Waals surface area contributed by atoms with Crippen molar-refractivity contribution in [3.8, 4) is 5.75 Å². The molecule has 7 nitrogen and oxygen atoms in total. The fraction of sp³-hybridized carbons (Fsp3) is 0.560. The molecule has 0 amide bonds. The van der Waals surface area contributed by atoms with Crippen LogP contribution in [-0.2, 0) is 0 Å². The molecule has 2 fully saturated rings. The van der Waals surface area contributed by atoms with E-state index in [0.717, 1.165) is 56.7 Å². The Balaban J connectivity index is 1.27. The molecule has 0 radical (unpaired) electrons. The second-order valence-electron chi connectivity index (χ2n) is 8.76. The van der Waals surface area contributed by atoms with Crippen LogP contribution < -0.4 is 20.3 Å². The van der Waals surface area contributed by atoms with E-state index < -0.39 is 0 Å². The monoisotopic (exact) mass is 439 g/mol. The molecule has 32 heavy (non-hydrogen) atoms. The maximum Gasteiger partial charge on any atom is 0.191 e. The first kappa shape index (κ1) is 22.5. The summed E-state index contributed by atoms with van der Waals surface area (Å²) in [6, 6.07) is 12.6. The summed E-state index contributed by atoms with van der Waals surface area (Å²) < 4.78 is 11.1. The molecule has 2 saturated heterocycles. The van der Waals surface area contributed by atoms with E-state index in [4.69, 9.17) is 9.15 Å². The fourth-order valence-electron chi connectivity index (χ4n) is 4.82. The zero-order chi connectivity index (χ0) is 22.2. The van der Waals surface area contributed by atoms with E-state index >= 15 is 0 Å². The highest BCUT2D eigenvalue weighted by molar-refractivity contribution is 5.79. The van der Waals surface area contributed by atoms with Crippen LogP contribution in [0.2, 0.25) is 0 Å². The third-order valence-electron chi connectivity index (χ3n) is 6.65. The normalized spacial score (nSPS) is 20.9. The minimum Gasteiger partial charge on any atom is -0.497 e. The van der Waals surface area contributed by atoms with E-state index in [2.05, 4.69) is 49.7 Å². The number of ether oxygens (including phenoxy) is 1. The van der Waals surface area contributed by atoms with Crippen molar-refractivity contribution in [3.63, 3.8) is 0 Å². The molecule has 0 bridgehead atoms. The molecule has 0 saturated carbocycles. The Morgan fingerprint density at radius 3 is 2.78 bits per heavy atom. The standard InChI is InChI=1S/C25H37N5O2/c1-26-25(28-18-23(24-10-7-15-32-24)29-12-4-3-5-13-29)27-17-20-11-14-30(19-20)21-8-6-9-22(16-21)31-2/h6-10,15-16,20,23H,3-5,11-14,17-19H2,1-2H3,(H2,26,27,28). The second-order valence-corrected chi connectivity index (χ2v) is 8.76. The van der Waals surface area contributed by atoms with Crippen molar-refractivity contribution >= 4 is 11.6 Å². The SMILES string of the molecule is CN=C(NCC1CCN(c2cccc(OC)c2)C1)NCC(c1ccco1)N1CCCCC1. The molecule has 2 N–H and O–H groups in total. The molecule has 2 aliphatic heterocycles. The van der Waals surface area contributed by atoms with Gasteiger partial charge in [0.25, 0.3) is 0 Å². The molecule has 4 rings (SSSR count). The Labute approximate surface area is 191 Å². The van der Waals surface area contributed by atoms with Gasteiger partial charge in [-0.3, -0.25) is 9.89 Å². The van der Waals surface area contributed by atoms with Gasteiger partial charge < -0.3 is 24.7 Å². The fourth-order valence-corrected chi connectivity index (χ4v) is 4.82. The van der Waals surface area contributed by atoms with Gasteiger partial charge in [0.05, 0.1) is 19.4 Å². The molecule has 2 aromatic rings. The van der Waals surface area contributed by atoms with Crippen molar-refractivity contribution in [1.29, 1.82) is 0 Å². The number of methoxy groups -OCH3 is 1. The van der Waals surface area contributed by atoms with Crippen molar-refractivity contribution in [1.82, 2.24) is 15.5 Å². The lowest BCUT2D eigenvalue weighted by Crippen LogP contribution is -2.45. The number of likely N-dealkylation sites (tertiary alicyclic amines) is 1. The number of anilines is 1. The maximum absolute atomic E-state index is 5.77. The highest BCUT2D eigenvalue weighted by atomic mass is 16.5. The van der Waals surface area contributed by atoms with Crippen molar-refractivity contribution in [2.24, 2.45) is 10.9 Å². The van der Waals surface area contributed by atoms with Crippen LogP contribution in [0.3, 0.4) is 0 Å². The molecule has 174 valence electrons. The highest BCUT2D eigenvalue weighted by Crippen LogP contribution is 2.27. The summed E-state index contributed by atoms with van der Waals surface area (Å²) in [7, 11) is 3.56. The van der Waals surface area contributed by atoms with Crippen LogP contribution in [0.1, 0.15) is 37.5 Å². The number of benzene rings is 1. The first-order valence-corrected chi connectivity index (χ1v) is 11.9. The van der Waals surface area contributed by atoms with E-state index in [1.165, 1.54) is 31.4 Å². The van der Waals surface area contributed by atoms with Crippen LogP contribution >= 0.6 is 0 Å². The number of piperidine rings is 1. The molecule has 0 spiro atoms. The van der Waals surface area contributed by atoms with Crippen molar-refractivity contribution in [2.75, 3.05) is 58.3 Å². The van der Waals surface area contributed by atoms with E-state index in [0.29, 0.717) is 5.92 Å². The van der Waals surface area contributed by atoms with Gasteiger partial charge in [0.1, 0.15) is 11.5 Å². The van der Waals surface area contributed by atoms with Crippen LogP contribution in [0.5, 0.6) is 5.75 Å². The van der Waals surface area contributed by atoms with Crippen LogP contribution in [-0.4, -0.2) is 64.3 Å². The predicted octanol–water partition coefficient (Wildman–Crippen LogP) is 3.51. The lowest BCUT2D eigenvalue weighted by Gasteiger charge is -2.33. The van der Waals surface area contributed by atoms with Crippen molar-refractivity contribution in [3.05, 3.63) is 48.4 Å². The highest BCUT2D eigenvalue weighted by Gasteiger charge is 2.26. The number of rotatable bonds is 8. The number of hydrogen-bond donors (Lipinski definition) is 2. The van der Waals surface area contributed by atoms with Gasteiger partial charge in [0, 0.05) is 45.0 Å². The first-order chi connectivity index (χ1) is 15.8. The molecule has 7 heteroatoms. The molecular weight excluding hydrogens is 402 g/mol. The summed E-state index contributed by atoms with van der Waals surface area (Å²) in [6.45, 7) is 6.06. The first-order valence-electron chi connectivity index (χ1n) is 11.9. The molecule has 0 aliphatic carbocycles. The zero-order valence-electron chi connectivity index (χ0n) is 19.4. The number of nitrogens with one attached hydrogen (secondary N) is 2. The van der Waals surface area contributed by atoms with Gasteiger partial charge in [-0.15, -0.1) is 0 Å².